The van der Waals surface area contributed by atoms with Gasteiger partial charge in [-0.1, -0.05) is 51.8 Å². The Labute approximate surface area is 183 Å². The van der Waals surface area contributed by atoms with E-state index in [0.29, 0.717) is 12.5 Å². The monoisotopic (exact) mass is 412 g/mol. The van der Waals surface area contributed by atoms with Crippen LogP contribution in [-0.4, -0.2) is 28.9 Å². The number of carbonyl (C=O) groups excluding carboxylic acids is 1. The number of hydrogen-bond donors (Lipinski definition) is 0. The fourth-order valence-corrected chi connectivity index (χ4v) is 3.67. The lowest BCUT2D eigenvalue weighted by molar-refractivity contribution is 0.0327. The Morgan fingerprint density at radius 3 is 2.60 bits per heavy atom. The fourth-order valence-electron chi connectivity index (χ4n) is 3.67. The molecule has 1 aromatic carbocycles. The Kier molecular flexibility index (Phi) is 8.69. The number of benzene rings is 1. The van der Waals surface area contributed by atoms with Crippen molar-refractivity contribution in [2.75, 3.05) is 6.54 Å². The highest BCUT2D eigenvalue weighted by molar-refractivity contribution is 5.87. The molecule has 30 heavy (non-hydrogen) atoms. The Morgan fingerprint density at radius 1 is 1.23 bits per heavy atom. The van der Waals surface area contributed by atoms with E-state index >= 15 is 0 Å². The van der Waals surface area contributed by atoms with Crippen LogP contribution in [-0.2, 0) is 11.2 Å². The first-order chi connectivity index (χ1) is 14.1. The van der Waals surface area contributed by atoms with Gasteiger partial charge in [-0.3, -0.25) is 9.89 Å². The van der Waals surface area contributed by atoms with Crippen molar-refractivity contribution >= 4 is 23.2 Å². The summed E-state index contributed by atoms with van der Waals surface area (Å²) in [6.07, 6.45) is 8.30. The Balaban J connectivity index is 2.41. The summed E-state index contributed by atoms with van der Waals surface area (Å²) in [5, 5.41) is 0. The van der Waals surface area contributed by atoms with E-state index in [1.807, 2.05) is 20.8 Å². The molecule has 0 saturated carbocycles. The first-order valence-electron chi connectivity index (χ1n) is 11.5. The van der Waals surface area contributed by atoms with Crippen molar-refractivity contribution in [1.82, 2.24) is 4.90 Å². The van der Waals surface area contributed by atoms with Crippen LogP contribution in [0.25, 0.3) is 5.70 Å². The number of ether oxygens (including phenoxy) is 1. The highest BCUT2D eigenvalue weighted by Crippen LogP contribution is 2.33. The Morgan fingerprint density at radius 2 is 1.97 bits per heavy atom. The lowest BCUT2D eigenvalue weighted by atomic mass is 9.96. The van der Waals surface area contributed by atoms with Crippen LogP contribution < -0.4 is 0 Å². The number of rotatable bonds is 7. The molecule has 4 heteroatoms. The van der Waals surface area contributed by atoms with Crippen molar-refractivity contribution in [2.45, 2.75) is 92.6 Å². The Hall–Kier alpha value is -2.10. The van der Waals surface area contributed by atoms with Crippen molar-refractivity contribution < 1.29 is 9.53 Å². The standard InChI is InChI=1S/C26H40N2O2/c1-8-10-12-20(4)27-23-17-22(15-14-21(23)11-9-2)24-16-13-19(3)18-28(24)25(29)30-26(5,6)7/h14-17,19H,8-13,18H2,1-7H3. The van der Waals surface area contributed by atoms with Crippen LogP contribution in [0.2, 0.25) is 0 Å². The molecular formula is C26H40N2O2. The van der Waals surface area contributed by atoms with Gasteiger partial charge in [0, 0.05) is 17.8 Å². The van der Waals surface area contributed by atoms with Crippen LogP contribution in [0.5, 0.6) is 0 Å². The van der Waals surface area contributed by atoms with E-state index in [-0.39, 0.29) is 6.09 Å². The predicted octanol–water partition coefficient (Wildman–Crippen LogP) is 7.54. The van der Waals surface area contributed by atoms with E-state index in [1.165, 1.54) is 17.7 Å². The number of hydrogen-bond acceptors (Lipinski definition) is 3. The minimum atomic E-state index is -0.514. The maximum Gasteiger partial charge on any atom is 0.414 e. The van der Waals surface area contributed by atoms with Crippen LogP contribution in [0.15, 0.2) is 29.3 Å². The van der Waals surface area contributed by atoms with Gasteiger partial charge in [0.2, 0.25) is 0 Å². The fraction of sp³-hybridized carbons (Fsp3) is 0.615. The number of aryl methyl sites for hydroxylation is 1. The molecule has 4 nitrogen and oxygen atoms in total. The third-order valence-corrected chi connectivity index (χ3v) is 5.22. The molecule has 1 atom stereocenters. The number of nitrogens with zero attached hydrogens (tertiary/aromatic N) is 2. The first kappa shape index (κ1) is 24.2. The smallest absolute Gasteiger partial charge is 0.414 e. The zero-order valence-electron chi connectivity index (χ0n) is 20.0. The van der Waals surface area contributed by atoms with E-state index in [0.717, 1.165) is 49.1 Å². The van der Waals surface area contributed by atoms with Crippen LogP contribution >= 0.6 is 0 Å². The molecule has 0 spiro atoms. The quantitative estimate of drug-likeness (QED) is 0.434. The van der Waals surface area contributed by atoms with E-state index in [2.05, 4.69) is 52.0 Å². The molecule has 1 aromatic rings. The van der Waals surface area contributed by atoms with Gasteiger partial charge in [-0.05, 0) is 70.9 Å². The zero-order valence-corrected chi connectivity index (χ0v) is 20.0. The SMILES string of the molecule is CCCCC(C)=Nc1cc(C2=CCC(C)CN2C(=O)OC(C)(C)C)ccc1CCC. The van der Waals surface area contributed by atoms with E-state index in [1.54, 1.807) is 4.90 Å². The molecule has 0 aliphatic carbocycles. The van der Waals surface area contributed by atoms with Gasteiger partial charge < -0.3 is 4.74 Å². The van der Waals surface area contributed by atoms with Crippen LogP contribution in [0.1, 0.15) is 91.7 Å². The summed E-state index contributed by atoms with van der Waals surface area (Å²) in [6.45, 7) is 15.1. The average Bonchev–Trinajstić information content (AvgIpc) is 2.66. The molecule has 1 aliphatic heterocycles. The lowest BCUT2D eigenvalue weighted by Crippen LogP contribution is -2.39. The van der Waals surface area contributed by atoms with Crippen LogP contribution in [0.4, 0.5) is 10.5 Å². The molecule has 0 saturated heterocycles. The second-order valence-electron chi connectivity index (χ2n) is 9.57. The molecular weight excluding hydrogens is 372 g/mol. The molecule has 1 heterocycles. The third-order valence-electron chi connectivity index (χ3n) is 5.22. The molecule has 0 bridgehead atoms. The normalized spacial score (nSPS) is 17.7. The molecule has 0 fully saturated rings. The minimum Gasteiger partial charge on any atom is -0.443 e. The molecule has 1 amide bonds. The maximum atomic E-state index is 12.9. The summed E-state index contributed by atoms with van der Waals surface area (Å²) in [5.74, 6) is 0.411. The summed E-state index contributed by atoms with van der Waals surface area (Å²) in [5.41, 5.74) is 4.93. The number of aliphatic imine (C=N–C) groups is 1. The van der Waals surface area contributed by atoms with E-state index in [4.69, 9.17) is 9.73 Å². The molecule has 0 radical (unpaired) electrons. The number of amides is 1. The highest BCUT2D eigenvalue weighted by Gasteiger charge is 2.29. The summed E-state index contributed by atoms with van der Waals surface area (Å²) < 4.78 is 5.70. The zero-order chi connectivity index (χ0) is 22.3. The summed E-state index contributed by atoms with van der Waals surface area (Å²) in [7, 11) is 0. The second kappa shape index (κ2) is 10.8. The van der Waals surface area contributed by atoms with E-state index < -0.39 is 5.60 Å². The van der Waals surface area contributed by atoms with Crippen molar-refractivity contribution in [3.05, 3.63) is 35.4 Å². The van der Waals surface area contributed by atoms with Gasteiger partial charge in [0.05, 0.1) is 11.4 Å². The van der Waals surface area contributed by atoms with Crippen LogP contribution in [0, 0.1) is 5.92 Å². The summed E-state index contributed by atoms with van der Waals surface area (Å²) >= 11 is 0. The molecule has 2 rings (SSSR count). The summed E-state index contributed by atoms with van der Waals surface area (Å²) in [6, 6.07) is 6.46. The molecule has 0 aromatic heterocycles. The predicted molar refractivity (Wildman–Crippen MR) is 127 cm³/mol. The molecule has 166 valence electrons. The molecule has 1 unspecified atom stereocenters. The number of allylic oxidation sites excluding steroid dienone is 1. The van der Waals surface area contributed by atoms with Gasteiger partial charge in [0.1, 0.15) is 5.60 Å². The largest absolute Gasteiger partial charge is 0.443 e. The second-order valence-corrected chi connectivity index (χ2v) is 9.57. The Bertz CT molecular complexity index is 787. The molecule has 0 N–H and O–H groups in total. The maximum absolute atomic E-state index is 12.9. The van der Waals surface area contributed by atoms with Crippen molar-refractivity contribution in [2.24, 2.45) is 10.9 Å². The topological polar surface area (TPSA) is 41.9 Å². The van der Waals surface area contributed by atoms with Gasteiger partial charge in [0.25, 0.3) is 0 Å². The lowest BCUT2D eigenvalue weighted by Gasteiger charge is -2.34. The van der Waals surface area contributed by atoms with Gasteiger partial charge >= 0.3 is 6.09 Å². The molecule has 1 aliphatic rings. The van der Waals surface area contributed by atoms with Crippen molar-refractivity contribution in [1.29, 1.82) is 0 Å². The van der Waals surface area contributed by atoms with Gasteiger partial charge in [-0.2, -0.15) is 0 Å². The first-order valence-corrected chi connectivity index (χ1v) is 11.5. The average molecular weight is 413 g/mol. The highest BCUT2D eigenvalue weighted by atomic mass is 16.6. The van der Waals surface area contributed by atoms with E-state index in [9.17, 15) is 4.79 Å². The van der Waals surface area contributed by atoms with Crippen LogP contribution in [0.3, 0.4) is 0 Å². The van der Waals surface area contributed by atoms with Crippen molar-refractivity contribution in [3.8, 4) is 0 Å². The number of carbonyl (C=O) groups is 1. The summed E-state index contributed by atoms with van der Waals surface area (Å²) in [4.78, 5) is 19.7. The van der Waals surface area contributed by atoms with Gasteiger partial charge in [-0.25, -0.2) is 4.79 Å². The van der Waals surface area contributed by atoms with Gasteiger partial charge in [-0.15, -0.1) is 0 Å². The van der Waals surface area contributed by atoms with Gasteiger partial charge in [0.15, 0.2) is 0 Å². The third kappa shape index (κ3) is 7.00. The number of unbranched alkanes of at least 4 members (excludes halogenated alkanes) is 1. The minimum absolute atomic E-state index is 0.276. The van der Waals surface area contributed by atoms with Crippen molar-refractivity contribution in [3.63, 3.8) is 0 Å².